The molecule has 0 atom stereocenters. The smallest absolute Gasteiger partial charge is 0.435 e. The molecule has 1 saturated carbocycles. The van der Waals surface area contributed by atoms with Crippen LogP contribution in [-0.2, 0) is 4.74 Å². The molecular weight excluding hydrogens is 319 g/mol. The van der Waals surface area contributed by atoms with Crippen LogP contribution in [0.1, 0.15) is 33.1 Å². The van der Waals surface area contributed by atoms with Crippen LogP contribution in [-0.4, -0.2) is 21.5 Å². The quantitative estimate of drug-likeness (QED) is 0.798. The van der Waals surface area contributed by atoms with E-state index in [1.54, 1.807) is 12.4 Å². The summed E-state index contributed by atoms with van der Waals surface area (Å²) >= 11 is 2.11. The van der Waals surface area contributed by atoms with Gasteiger partial charge in [0.25, 0.3) is 0 Å². The monoisotopic (exact) mass is 334 g/mol. The maximum absolute atomic E-state index is 11.8. The van der Waals surface area contributed by atoms with E-state index in [4.69, 9.17) is 4.74 Å². The number of halogens is 1. The van der Waals surface area contributed by atoms with Gasteiger partial charge in [0.2, 0.25) is 0 Å². The van der Waals surface area contributed by atoms with E-state index in [1.807, 2.05) is 13.8 Å². The topological polar surface area (TPSA) is 44.1 Å². The van der Waals surface area contributed by atoms with Gasteiger partial charge in [-0.25, -0.2) is 4.79 Å². The Hall–Kier alpha value is -0.590. The third-order valence-corrected chi connectivity index (χ3v) is 3.14. The summed E-state index contributed by atoms with van der Waals surface area (Å²) in [6.07, 6.45) is 6.37. The van der Waals surface area contributed by atoms with Gasteiger partial charge in [0, 0.05) is 0 Å². The van der Waals surface area contributed by atoms with Crippen molar-refractivity contribution < 1.29 is 9.53 Å². The maximum atomic E-state index is 11.8. The Morgan fingerprint density at radius 1 is 1.69 bits per heavy atom. The molecule has 5 heteroatoms. The summed E-state index contributed by atoms with van der Waals surface area (Å²) in [6.45, 7) is 3.91. The van der Waals surface area contributed by atoms with E-state index in [1.165, 1.54) is 17.5 Å². The minimum atomic E-state index is -0.395. The highest BCUT2D eigenvalue weighted by Gasteiger charge is 2.33. The number of carbonyl (C=O) groups excluding carboxylic acids is 1. The molecule has 1 aromatic heterocycles. The lowest BCUT2D eigenvalue weighted by Crippen LogP contribution is -2.31. The molecule has 0 radical (unpaired) electrons. The van der Waals surface area contributed by atoms with Gasteiger partial charge in [-0.2, -0.15) is 9.78 Å². The van der Waals surface area contributed by atoms with Gasteiger partial charge in [0.15, 0.2) is 0 Å². The zero-order chi connectivity index (χ0) is 11.8. The van der Waals surface area contributed by atoms with Crippen LogP contribution < -0.4 is 0 Å². The number of hydrogen-bond acceptors (Lipinski definition) is 3. The molecular formula is C11H15IN2O2. The highest BCUT2D eigenvalue weighted by atomic mass is 127. The number of hydrogen-bond donors (Lipinski definition) is 0. The summed E-state index contributed by atoms with van der Waals surface area (Å²) in [7, 11) is 0. The maximum Gasteiger partial charge on any atom is 0.435 e. The van der Waals surface area contributed by atoms with Crippen molar-refractivity contribution in [1.29, 1.82) is 0 Å². The first-order chi connectivity index (χ1) is 7.46. The van der Waals surface area contributed by atoms with Gasteiger partial charge >= 0.3 is 6.09 Å². The Bertz CT molecular complexity index is 396. The molecule has 1 aromatic rings. The summed E-state index contributed by atoms with van der Waals surface area (Å²) < 4.78 is 7.62. The zero-order valence-corrected chi connectivity index (χ0v) is 11.6. The van der Waals surface area contributed by atoms with Crippen LogP contribution in [0, 0.1) is 9.49 Å². The SMILES string of the molecule is CC(C)(CC1CC1)OC(=O)n1cc(I)cn1. The molecule has 1 fully saturated rings. The van der Waals surface area contributed by atoms with Crippen molar-refractivity contribution in [2.45, 2.75) is 38.7 Å². The zero-order valence-electron chi connectivity index (χ0n) is 9.44. The molecule has 2 rings (SSSR count). The van der Waals surface area contributed by atoms with Crippen LogP contribution in [0.5, 0.6) is 0 Å². The lowest BCUT2D eigenvalue weighted by Gasteiger charge is -2.24. The van der Waals surface area contributed by atoms with Crippen LogP contribution >= 0.6 is 22.6 Å². The third-order valence-electron chi connectivity index (χ3n) is 2.58. The van der Waals surface area contributed by atoms with E-state index in [2.05, 4.69) is 27.7 Å². The standard InChI is InChI=1S/C11H15IN2O2/c1-11(2,5-8-3-4-8)16-10(15)14-7-9(12)6-13-14/h6-8H,3-5H2,1-2H3. The Morgan fingerprint density at radius 3 is 2.88 bits per heavy atom. The Morgan fingerprint density at radius 2 is 2.38 bits per heavy atom. The predicted molar refractivity (Wildman–Crippen MR) is 68.2 cm³/mol. The summed E-state index contributed by atoms with van der Waals surface area (Å²) in [4.78, 5) is 11.8. The Balaban J connectivity index is 1.95. The molecule has 0 amide bonds. The summed E-state index contributed by atoms with van der Waals surface area (Å²) in [6, 6.07) is 0. The molecule has 0 aromatic carbocycles. The minimum Gasteiger partial charge on any atom is -0.442 e. The van der Waals surface area contributed by atoms with Gasteiger partial charge in [-0.3, -0.25) is 0 Å². The molecule has 16 heavy (non-hydrogen) atoms. The minimum absolute atomic E-state index is 0.393. The number of ether oxygens (including phenoxy) is 1. The summed E-state index contributed by atoms with van der Waals surface area (Å²) in [5.74, 6) is 0.737. The van der Waals surface area contributed by atoms with Crippen LogP contribution in [0.25, 0.3) is 0 Å². The van der Waals surface area contributed by atoms with E-state index in [0.717, 1.165) is 15.9 Å². The van der Waals surface area contributed by atoms with Crippen molar-refractivity contribution >= 4 is 28.7 Å². The van der Waals surface area contributed by atoms with Gasteiger partial charge in [-0.15, -0.1) is 0 Å². The van der Waals surface area contributed by atoms with Gasteiger partial charge in [0.05, 0.1) is 16.0 Å². The molecule has 0 unspecified atom stereocenters. The number of aromatic nitrogens is 2. The van der Waals surface area contributed by atoms with Crippen molar-refractivity contribution in [2.75, 3.05) is 0 Å². The van der Waals surface area contributed by atoms with Crippen molar-refractivity contribution in [2.24, 2.45) is 5.92 Å². The molecule has 1 aliphatic rings. The molecule has 1 heterocycles. The van der Waals surface area contributed by atoms with Crippen molar-refractivity contribution in [1.82, 2.24) is 9.78 Å². The molecule has 1 aliphatic carbocycles. The van der Waals surface area contributed by atoms with Crippen molar-refractivity contribution in [3.8, 4) is 0 Å². The third kappa shape index (κ3) is 3.20. The van der Waals surface area contributed by atoms with Gasteiger partial charge in [-0.05, 0) is 48.8 Å². The normalized spacial score (nSPS) is 16.2. The van der Waals surface area contributed by atoms with Crippen molar-refractivity contribution in [3.05, 3.63) is 16.0 Å². The second-order valence-electron chi connectivity index (χ2n) is 4.88. The largest absolute Gasteiger partial charge is 0.442 e. The van der Waals surface area contributed by atoms with E-state index < -0.39 is 11.7 Å². The lowest BCUT2D eigenvalue weighted by atomic mass is 10.0. The first-order valence-electron chi connectivity index (χ1n) is 5.40. The Labute approximate surface area is 108 Å². The van der Waals surface area contributed by atoms with Gasteiger partial charge in [-0.1, -0.05) is 12.8 Å². The fraction of sp³-hybridized carbons (Fsp3) is 0.636. The molecule has 88 valence electrons. The van der Waals surface area contributed by atoms with Crippen LogP contribution in [0.15, 0.2) is 12.4 Å². The Kier molecular flexibility index (Phi) is 3.23. The highest BCUT2D eigenvalue weighted by molar-refractivity contribution is 14.1. The molecule has 0 spiro atoms. The summed E-state index contributed by atoms with van der Waals surface area (Å²) in [5, 5.41) is 3.93. The van der Waals surface area contributed by atoms with Crippen LogP contribution in [0.2, 0.25) is 0 Å². The second kappa shape index (κ2) is 4.35. The van der Waals surface area contributed by atoms with E-state index >= 15 is 0 Å². The average Bonchev–Trinajstić information content (AvgIpc) is 2.83. The fourth-order valence-electron chi connectivity index (χ4n) is 1.74. The van der Waals surface area contributed by atoms with Crippen LogP contribution in [0.4, 0.5) is 4.79 Å². The second-order valence-corrected chi connectivity index (χ2v) is 6.12. The average molecular weight is 334 g/mol. The van der Waals surface area contributed by atoms with E-state index in [-0.39, 0.29) is 0 Å². The number of rotatable bonds is 3. The van der Waals surface area contributed by atoms with Crippen molar-refractivity contribution in [3.63, 3.8) is 0 Å². The molecule has 0 saturated heterocycles. The molecule has 4 nitrogen and oxygen atoms in total. The molecule has 0 bridgehead atoms. The first-order valence-corrected chi connectivity index (χ1v) is 6.48. The van der Waals surface area contributed by atoms with Gasteiger partial charge in [0.1, 0.15) is 5.60 Å². The molecule has 0 N–H and O–H groups in total. The van der Waals surface area contributed by atoms with Crippen LogP contribution in [0.3, 0.4) is 0 Å². The number of carbonyl (C=O) groups is 1. The summed E-state index contributed by atoms with van der Waals surface area (Å²) in [5.41, 5.74) is -0.393. The number of nitrogens with zero attached hydrogens (tertiary/aromatic N) is 2. The van der Waals surface area contributed by atoms with Gasteiger partial charge < -0.3 is 4.74 Å². The highest BCUT2D eigenvalue weighted by Crippen LogP contribution is 2.37. The fourth-order valence-corrected chi connectivity index (χ4v) is 2.13. The van der Waals surface area contributed by atoms with E-state index in [0.29, 0.717) is 0 Å². The first kappa shape index (κ1) is 11.9. The molecule has 0 aliphatic heterocycles. The van der Waals surface area contributed by atoms with E-state index in [9.17, 15) is 4.79 Å². The predicted octanol–water partition coefficient (Wildman–Crippen LogP) is 3.05. The lowest BCUT2D eigenvalue weighted by molar-refractivity contribution is 0.0277.